The highest BCUT2D eigenvalue weighted by molar-refractivity contribution is 6.21. The van der Waals surface area contributed by atoms with Gasteiger partial charge in [0.1, 0.15) is 0 Å². The SMILES string of the molecule is NC(N)(O)Cl. The summed E-state index contributed by atoms with van der Waals surface area (Å²) in [6, 6.07) is 0. The number of halogens is 1. The molecule has 0 spiro atoms. The third-order valence-corrected chi connectivity index (χ3v) is 0. The van der Waals surface area contributed by atoms with E-state index in [2.05, 4.69) is 23.1 Å². The predicted octanol–water partition coefficient (Wildman–Crippen LogP) is -1.25. The fourth-order valence-corrected chi connectivity index (χ4v) is 0. The molecule has 5 heavy (non-hydrogen) atoms. The Kier molecular flexibility index (Phi) is 1.14. The summed E-state index contributed by atoms with van der Waals surface area (Å²) < 4.78 is 0. The van der Waals surface area contributed by atoms with Crippen LogP contribution in [0, 0.1) is 0 Å². The Morgan fingerprint density at radius 2 is 1.60 bits per heavy atom. The summed E-state index contributed by atoms with van der Waals surface area (Å²) in [7, 11) is 0. The monoisotopic (exact) mass is 96.0 g/mol. The highest BCUT2D eigenvalue weighted by atomic mass is 35.5. The average molecular weight is 96.5 g/mol. The third kappa shape index (κ3) is 679. The molecule has 0 radical (unpaired) electrons. The second kappa shape index (κ2) is 1.10. The Balaban J connectivity index is 3.02. The lowest BCUT2D eigenvalue weighted by Crippen LogP contribution is -2.42. The minimum atomic E-state index is -2.03. The quantitative estimate of drug-likeness (QED) is 0.200. The number of nitrogens with two attached hydrogens (primary N) is 2. The zero-order valence-electron chi connectivity index (χ0n) is 2.48. The van der Waals surface area contributed by atoms with Crippen LogP contribution in [-0.2, 0) is 0 Å². The summed E-state index contributed by atoms with van der Waals surface area (Å²) in [6.07, 6.45) is 0. The molecule has 0 aromatic heterocycles. The maximum Gasteiger partial charge on any atom is 0.248 e. The van der Waals surface area contributed by atoms with E-state index in [4.69, 9.17) is 5.11 Å². The van der Waals surface area contributed by atoms with Gasteiger partial charge in [-0.2, -0.15) is 0 Å². The third-order valence-electron chi connectivity index (χ3n) is 0. The second-order valence-corrected chi connectivity index (χ2v) is 1.33. The Morgan fingerprint density at radius 3 is 1.60 bits per heavy atom. The van der Waals surface area contributed by atoms with Crippen molar-refractivity contribution in [3.63, 3.8) is 0 Å². The first-order valence-electron chi connectivity index (χ1n) is 0.990. The van der Waals surface area contributed by atoms with Crippen LogP contribution in [0.3, 0.4) is 0 Å². The summed E-state index contributed by atoms with van der Waals surface area (Å²) in [5, 5.41) is 5.81. The van der Waals surface area contributed by atoms with Crippen molar-refractivity contribution >= 4 is 11.6 Å². The van der Waals surface area contributed by atoms with E-state index in [1.54, 1.807) is 0 Å². The van der Waals surface area contributed by atoms with Crippen molar-refractivity contribution in [2.45, 2.75) is 5.31 Å². The van der Waals surface area contributed by atoms with Crippen LogP contribution in [0.1, 0.15) is 0 Å². The van der Waals surface area contributed by atoms with Crippen LogP contribution in [-0.4, -0.2) is 10.4 Å². The molecular formula is CH5ClN2O. The van der Waals surface area contributed by atoms with Crippen molar-refractivity contribution < 1.29 is 5.11 Å². The molecule has 5 N–H and O–H groups in total. The molecule has 0 bridgehead atoms. The van der Waals surface area contributed by atoms with Crippen molar-refractivity contribution in [3.8, 4) is 0 Å². The summed E-state index contributed by atoms with van der Waals surface area (Å²) in [6.45, 7) is 0. The fourth-order valence-electron chi connectivity index (χ4n) is 0. The van der Waals surface area contributed by atoms with Crippen LogP contribution in [0.2, 0.25) is 0 Å². The van der Waals surface area contributed by atoms with Gasteiger partial charge in [-0.1, -0.05) is 11.6 Å². The predicted molar refractivity (Wildman–Crippen MR) is 19.2 cm³/mol. The minimum absolute atomic E-state index is 2.03. The van der Waals surface area contributed by atoms with Gasteiger partial charge in [0, 0.05) is 0 Å². The van der Waals surface area contributed by atoms with Crippen molar-refractivity contribution in [1.82, 2.24) is 0 Å². The standard InChI is InChI=1S/CH5ClN2O/c2-1(3,4)5/h5H,3-4H2. The van der Waals surface area contributed by atoms with Gasteiger partial charge < -0.3 is 5.11 Å². The van der Waals surface area contributed by atoms with Crippen molar-refractivity contribution in [2.24, 2.45) is 11.5 Å². The number of hydrogen-bond acceptors (Lipinski definition) is 3. The van der Waals surface area contributed by atoms with Gasteiger partial charge in [-0.05, 0) is 0 Å². The van der Waals surface area contributed by atoms with Crippen molar-refractivity contribution in [2.75, 3.05) is 0 Å². The topological polar surface area (TPSA) is 72.3 Å². The molecular weight excluding hydrogens is 91.5 g/mol. The molecule has 0 heterocycles. The van der Waals surface area contributed by atoms with E-state index >= 15 is 0 Å². The maximum atomic E-state index is 7.84. The first-order chi connectivity index (χ1) is 2.00. The average Bonchev–Trinajstić information content (AvgIpc) is 0.722. The lowest BCUT2D eigenvalue weighted by molar-refractivity contribution is 0.144. The molecule has 0 saturated heterocycles. The Bertz CT molecular complexity index is 25.1. The number of aliphatic hydroxyl groups is 1. The molecule has 0 saturated carbocycles. The van der Waals surface area contributed by atoms with Crippen LogP contribution >= 0.6 is 11.6 Å². The van der Waals surface area contributed by atoms with Gasteiger partial charge in [0.25, 0.3) is 0 Å². The highest BCUT2D eigenvalue weighted by Gasteiger charge is 2.02. The number of rotatable bonds is 0. The van der Waals surface area contributed by atoms with E-state index in [1.807, 2.05) is 0 Å². The van der Waals surface area contributed by atoms with Gasteiger partial charge in [0.05, 0.1) is 0 Å². The molecule has 0 aliphatic carbocycles. The van der Waals surface area contributed by atoms with Crippen LogP contribution in [0.15, 0.2) is 0 Å². The van der Waals surface area contributed by atoms with E-state index in [0.29, 0.717) is 0 Å². The summed E-state index contributed by atoms with van der Waals surface area (Å²) >= 11 is 4.64. The second-order valence-electron chi connectivity index (χ2n) is 0.728. The molecule has 0 aliphatic heterocycles. The van der Waals surface area contributed by atoms with Gasteiger partial charge >= 0.3 is 0 Å². The summed E-state index contributed by atoms with van der Waals surface area (Å²) in [4.78, 5) is 0. The van der Waals surface area contributed by atoms with Gasteiger partial charge in [-0.15, -0.1) is 0 Å². The van der Waals surface area contributed by atoms with Crippen LogP contribution in [0.4, 0.5) is 0 Å². The zero-order chi connectivity index (χ0) is 4.50. The number of hydrogen-bond donors (Lipinski definition) is 3. The summed E-state index contributed by atoms with van der Waals surface area (Å²) in [5.74, 6) is 0. The molecule has 0 aromatic carbocycles. The van der Waals surface area contributed by atoms with Gasteiger partial charge in [0.15, 0.2) is 0 Å². The first-order valence-corrected chi connectivity index (χ1v) is 1.37. The van der Waals surface area contributed by atoms with E-state index in [1.165, 1.54) is 0 Å². The molecule has 0 aliphatic rings. The molecule has 0 rings (SSSR count). The summed E-state index contributed by atoms with van der Waals surface area (Å²) in [5.41, 5.74) is 8.91. The van der Waals surface area contributed by atoms with Crippen molar-refractivity contribution in [3.05, 3.63) is 0 Å². The molecule has 0 unspecified atom stereocenters. The van der Waals surface area contributed by atoms with E-state index in [-0.39, 0.29) is 0 Å². The molecule has 0 atom stereocenters. The lowest BCUT2D eigenvalue weighted by Gasteiger charge is -2.01. The highest BCUT2D eigenvalue weighted by Crippen LogP contribution is 1.84. The van der Waals surface area contributed by atoms with E-state index in [9.17, 15) is 0 Å². The Labute approximate surface area is 34.5 Å². The molecule has 3 nitrogen and oxygen atoms in total. The lowest BCUT2D eigenvalue weighted by atomic mass is 11.1. The molecule has 0 amide bonds. The molecule has 4 heteroatoms. The van der Waals surface area contributed by atoms with Gasteiger partial charge in [0.2, 0.25) is 5.31 Å². The fraction of sp³-hybridized carbons (Fsp3) is 1.00. The van der Waals surface area contributed by atoms with E-state index in [0.717, 1.165) is 0 Å². The van der Waals surface area contributed by atoms with E-state index < -0.39 is 5.31 Å². The smallest absolute Gasteiger partial charge is 0.248 e. The minimum Gasteiger partial charge on any atom is -0.351 e. The molecule has 32 valence electrons. The van der Waals surface area contributed by atoms with Crippen molar-refractivity contribution in [1.29, 1.82) is 0 Å². The Morgan fingerprint density at radius 1 is 1.60 bits per heavy atom. The maximum absolute atomic E-state index is 7.84. The van der Waals surface area contributed by atoms with Crippen LogP contribution in [0.25, 0.3) is 0 Å². The first kappa shape index (κ1) is 5.17. The largest absolute Gasteiger partial charge is 0.351 e. The van der Waals surface area contributed by atoms with Crippen LogP contribution in [0.5, 0.6) is 0 Å². The number of alkyl halides is 1. The molecule has 0 aromatic rings. The zero-order valence-corrected chi connectivity index (χ0v) is 3.24. The van der Waals surface area contributed by atoms with Gasteiger partial charge in [-0.25, -0.2) is 0 Å². The van der Waals surface area contributed by atoms with Crippen LogP contribution < -0.4 is 11.5 Å². The normalized spacial score (nSPS) is 12.0. The molecule has 0 fully saturated rings. The Hall–Kier alpha value is 0.170. The van der Waals surface area contributed by atoms with Gasteiger partial charge in [-0.3, -0.25) is 11.5 Å².